The van der Waals surface area contributed by atoms with E-state index >= 15 is 0 Å². The molecule has 1 aliphatic rings. The van der Waals surface area contributed by atoms with Crippen molar-refractivity contribution in [2.24, 2.45) is 0 Å². The molecule has 4 aromatic rings. The summed E-state index contributed by atoms with van der Waals surface area (Å²) in [5.74, 6) is 2.15. The largest absolute Gasteiger partial charge is 0.486 e. The third kappa shape index (κ3) is 2.06. The van der Waals surface area contributed by atoms with E-state index in [0.717, 1.165) is 32.6 Å². The van der Waals surface area contributed by atoms with Crippen molar-refractivity contribution in [3.63, 3.8) is 0 Å². The van der Waals surface area contributed by atoms with Crippen molar-refractivity contribution in [2.45, 2.75) is 0 Å². The molecule has 2 aromatic carbocycles. The van der Waals surface area contributed by atoms with Crippen LogP contribution in [0.5, 0.6) is 11.5 Å². The summed E-state index contributed by atoms with van der Waals surface area (Å²) in [7, 11) is 0. The van der Waals surface area contributed by atoms with Crippen molar-refractivity contribution < 1.29 is 13.9 Å². The SMILES string of the molecule is Brc1c(-c2ccc3c(c2)OCCO3)oc2nc3ccccc3nc12. The minimum atomic E-state index is 0.505. The van der Waals surface area contributed by atoms with Crippen molar-refractivity contribution >= 4 is 38.2 Å². The topological polar surface area (TPSA) is 57.4 Å². The Morgan fingerprint density at radius 3 is 2.46 bits per heavy atom. The Morgan fingerprint density at radius 1 is 0.875 bits per heavy atom. The minimum Gasteiger partial charge on any atom is -0.486 e. The molecule has 5 rings (SSSR count). The van der Waals surface area contributed by atoms with Crippen molar-refractivity contribution in [1.29, 1.82) is 0 Å². The molecular weight excluding hydrogens is 372 g/mol. The predicted octanol–water partition coefficient (Wildman–Crippen LogP) is 4.58. The summed E-state index contributed by atoms with van der Waals surface area (Å²) < 4.78 is 18.0. The average Bonchev–Trinajstić information content (AvgIpc) is 2.95. The summed E-state index contributed by atoms with van der Waals surface area (Å²) in [6, 6.07) is 13.5. The maximum Gasteiger partial charge on any atom is 0.247 e. The van der Waals surface area contributed by atoms with E-state index in [0.29, 0.717) is 30.2 Å². The van der Waals surface area contributed by atoms with Crippen LogP contribution in [0.15, 0.2) is 51.4 Å². The number of nitrogens with zero attached hydrogens (tertiary/aromatic N) is 2. The first-order valence-electron chi connectivity index (χ1n) is 7.54. The number of benzene rings is 2. The zero-order valence-corrected chi connectivity index (χ0v) is 14.0. The van der Waals surface area contributed by atoms with Crippen LogP contribution in [0.3, 0.4) is 0 Å². The van der Waals surface area contributed by atoms with Crippen LogP contribution in [0.2, 0.25) is 0 Å². The van der Waals surface area contributed by atoms with E-state index in [1.807, 2.05) is 42.5 Å². The molecule has 2 aromatic heterocycles. The van der Waals surface area contributed by atoms with E-state index in [2.05, 4.69) is 25.9 Å². The van der Waals surface area contributed by atoms with Gasteiger partial charge in [0.05, 0.1) is 15.5 Å². The molecule has 24 heavy (non-hydrogen) atoms. The highest BCUT2D eigenvalue weighted by atomic mass is 79.9. The predicted molar refractivity (Wildman–Crippen MR) is 93.4 cm³/mol. The molecule has 5 nitrogen and oxygen atoms in total. The van der Waals surface area contributed by atoms with Gasteiger partial charge in [-0.2, -0.15) is 0 Å². The molecule has 0 atom stereocenters. The minimum absolute atomic E-state index is 0.505. The maximum absolute atomic E-state index is 5.97. The Morgan fingerprint density at radius 2 is 1.62 bits per heavy atom. The molecule has 0 radical (unpaired) electrons. The standard InChI is InChI=1S/C18H11BrN2O3/c19-15-16-18(21-12-4-2-1-3-11(12)20-16)24-17(15)10-5-6-13-14(9-10)23-8-7-22-13/h1-6,9H,7-8H2. The van der Waals surface area contributed by atoms with Crippen LogP contribution in [0, 0.1) is 0 Å². The van der Waals surface area contributed by atoms with Crippen LogP contribution in [-0.4, -0.2) is 23.2 Å². The van der Waals surface area contributed by atoms with Gasteiger partial charge < -0.3 is 13.9 Å². The normalized spacial score (nSPS) is 13.5. The summed E-state index contributed by atoms with van der Waals surface area (Å²) in [5, 5.41) is 0. The van der Waals surface area contributed by atoms with Gasteiger partial charge in [0.1, 0.15) is 18.7 Å². The molecule has 6 heteroatoms. The Kier molecular flexibility index (Phi) is 2.99. The molecular formula is C18H11BrN2O3. The third-order valence-corrected chi connectivity index (χ3v) is 4.68. The number of ether oxygens (including phenoxy) is 2. The number of hydrogen-bond acceptors (Lipinski definition) is 5. The fourth-order valence-corrected chi connectivity index (χ4v) is 3.39. The van der Waals surface area contributed by atoms with Crippen molar-refractivity contribution in [3.8, 4) is 22.8 Å². The van der Waals surface area contributed by atoms with Gasteiger partial charge >= 0.3 is 0 Å². The van der Waals surface area contributed by atoms with Gasteiger partial charge in [-0.05, 0) is 46.3 Å². The molecule has 0 unspecified atom stereocenters. The van der Waals surface area contributed by atoms with Crippen LogP contribution < -0.4 is 9.47 Å². The Bertz CT molecular complexity index is 1090. The zero-order chi connectivity index (χ0) is 16.1. The zero-order valence-electron chi connectivity index (χ0n) is 12.5. The molecule has 0 spiro atoms. The summed E-state index contributed by atoms with van der Waals surface area (Å²) >= 11 is 3.60. The Labute approximate surface area is 145 Å². The fourth-order valence-electron chi connectivity index (χ4n) is 2.82. The number of fused-ring (bicyclic) bond motifs is 3. The maximum atomic E-state index is 5.97. The van der Waals surface area contributed by atoms with Gasteiger partial charge in [0.2, 0.25) is 5.71 Å². The lowest BCUT2D eigenvalue weighted by Gasteiger charge is -2.18. The number of rotatable bonds is 1. The van der Waals surface area contributed by atoms with Gasteiger partial charge in [0.25, 0.3) is 0 Å². The number of hydrogen-bond donors (Lipinski definition) is 0. The van der Waals surface area contributed by atoms with Gasteiger partial charge in [-0.1, -0.05) is 12.1 Å². The van der Waals surface area contributed by atoms with Gasteiger partial charge in [0.15, 0.2) is 17.3 Å². The van der Waals surface area contributed by atoms with Crippen LogP contribution in [-0.2, 0) is 0 Å². The fraction of sp³-hybridized carbons (Fsp3) is 0.111. The van der Waals surface area contributed by atoms with E-state index in [-0.39, 0.29) is 0 Å². The molecule has 118 valence electrons. The van der Waals surface area contributed by atoms with Gasteiger partial charge in [-0.25, -0.2) is 9.97 Å². The second-order valence-corrected chi connectivity index (χ2v) is 6.26. The van der Waals surface area contributed by atoms with E-state index in [1.165, 1.54) is 0 Å². The molecule has 0 saturated carbocycles. The lowest BCUT2D eigenvalue weighted by molar-refractivity contribution is 0.171. The van der Waals surface area contributed by atoms with Crippen LogP contribution in [0.4, 0.5) is 0 Å². The van der Waals surface area contributed by atoms with Crippen LogP contribution in [0.1, 0.15) is 0 Å². The van der Waals surface area contributed by atoms with Gasteiger partial charge in [-0.3, -0.25) is 0 Å². The number of aromatic nitrogens is 2. The molecule has 0 N–H and O–H groups in total. The number of furan rings is 1. The first-order valence-corrected chi connectivity index (χ1v) is 8.34. The van der Waals surface area contributed by atoms with E-state index < -0.39 is 0 Å². The lowest BCUT2D eigenvalue weighted by Crippen LogP contribution is -2.15. The van der Waals surface area contributed by atoms with Crippen molar-refractivity contribution in [1.82, 2.24) is 9.97 Å². The van der Waals surface area contributed by atoms with E-state index in [4.69, 9.17) is 13.9 Å². The molecule has 3 heterocycles. The van der Waals surface area contributed by atoms with Crippen molar-refractivity contribution in [3.05, 3.63) is 46.9 Å². The number of para-hydroxylation sites is 2. The van der Waals surface area contributed by atoms with Crippen LogP contribution >= 0.6 is 15.9 Å². The molecule has 0 amide bonds. The quantitative estimate of drug-likeness (QED) is 0.482. The molecule has 0 aliphatic carbocycles. The third-order valence-electron chi connectivity index (χ3n) is 3.95. The second-order valence-electron chi connectivity index (χ2n) is 5.47. The first kappa shape index (κ1) is 13.8. The monoisotopic (exact) mass is 382 g/mol. The highest BCUT2D eigenvalue weighted by Gasteiger charge is 2.19. The van der Waals surface area contributed by atoms with E-state index in [1.54, 1.807) is 0 Å². The van der Waals surface area contributed by atoms with Crippen molar-refractivity contribution in [2.75, 3.05) is 13.2 Å². The lowest BCUT2D eigenvalue weighted by atomic mass is 10.1. The highest BCUT2D eigenvalue weighted by Crippen LogP contribution is 2.40. The summed E-state index contributed by atoms with van der Waals surface area (Å²) in [5.41, 5.74) is 3.74. The molecule has 0 bridgehead atoms. The first-order chi connectivity index (χ1) is 11.8. The molecule has 0 fully saturated rings. The summed E-state index contributed by atoms with van der Waals surface area (Å²) in [4.78, 5) is 9.21. The molecule has 1 aliphatic heterocycles. The van der Waals surface area contributed by atoms with Gasteiger partial charge in [0, 0.05) is 5.56 Å². The van der Waals surface area contributed by atoms with E-state index in [9.17, 15) is 0 Å². The number of halogens is 1. The summed E-state index contributed by atoms with van der Waals surface area (Å²) in [6.07, 6.45) is 0. The average molecular weight is 383 g/mol. The Hall–Kier alpha value is -2.60. The smallest absolute Gasteiger partial charge is 0.247 e. The highest BCUT2D eigenvalue weighted by molar-refractivity contribution is 9.10. The second kappa shape index (κ2) is 5.21. The van der Waals surface area contributed by atoms with Crippen LogP contribution in [0.25, 0.3) is 33.6 Å². The summed E-state index contributed by atoms with van der Waals surface area (Å²) in [6.45, 7) is 1.12. The molecule has 0 saturated heterocycles. The Balaban J connectivity index is 1.71. The van der Waals surface area contributed by atoms with Gasteiger partial charge in [-0.15, -0.1) is 0 Å².